The molecule has 0 radical (unpaired) electrons. The van der Waals surface area contributed by atoms with Gasteiger partial charge in [0.25, 0.3) is 0 Å². The highest BCUT2D eigenvalue weighted by Crippen LogP contribution is 2.30. The second kappa shape index (κ2) is 5.17. The average Bonchev–Trinajstić information content (AvgIpc) is 2.96. The second-order valence-corrected chi connectivity index (χ2v) is 6.01. The van der Waals surface area contributed by atoms with Crippen LogP contribution in [0.15, 0.2) is 23.6 Å². The molecule has 1 atom stereocenters. The van der Waals surface area contributed by atoms with Gasteiger partial charge < -0.3 is 10.2 Å². The molecule has 100 valence electrons. The highest BCUT2D eigenvalue weighted by molar-refractivity contribution is 7.10. The predicted octanol–water partition coefficient (Wildman–Crippen LogP) is 1.64. The minimum atomic E-state index is -0.121. The van der Waals surface area contributed by atoms with E-state index in [0.717, 1.165) is 17.7 Å². The van der Waals surface area contributed by atoms with Crippen LogP contribution in [0.25, 0.3) is 6.08 Å². The zero-order valence-electron chi connectivity index (χ0n) is 10.5. The molecule has 4 nitrogen and oxygen atoms in total. The Morgan fingerprint density at radius 2 is 2.32 bits per heavy atom. The van der Waals surface area contributed by atoms with Crippen LogP contribution in [0.5, 0.6) is 0 Å². The molecule has 1 saturated heterocycles. The summed E-state index contributed by atoms with van der Waals surface area (Å²) in [5.74, 6) is 0.0545. The van der Waals surface area contributed by atoms with E-state index in [1.807, 2.05) is 22.4 Å². The van der Waals surface area contributed by atoms with Crippen molar-refractivity contribution in [3.8, 4) is 0 Å². The molecule has 5 heteroatoms. The molecule has 2 aliphatic rings. The quantitative estimate of drug-likeness (QED) is 0.850. The molecule has 1 unspecified atom stereocenters. The Labute approximate surface area is 116 Å². The Hall–Kier alpha value is -1.62. The SMILES string of the molecule is O=C(/C=C/c1cccs1)NC1CC(=O)N(C2CC2)C1. The fourth-order valence-electron chi connectivity index (χ4n) is 2.36. The summed E-state index contributed by atoms with van der Waals surface area (Å²) in [6, 6.07) is 4.32. The van der Waals surface area contributed by atoms with Gasteiger partial charge in [-0.2, -0.15) is 0 Å². The molecular weight excluding hydrogens is 260 g/mol. The van der Waals surface area contributed by atoms with Gasteiger partial charge in [0.05, 0.1) is 6.04 Å². The molecule has 0 aromatic carbocycles. The molecule has 19 heavy (non-hydrogen) atoms. The zero-order chi connectivity index (χ0) is 13.2. The smallest absolute Gasteiger partial charge is 0.244 e. The average molecular weight is 276 g/mol. The number of likely N-dealkylation sites (tertiary alicyclic amines) is 1. The van der Waals surface area contributed by atoms with E-state index < -0.39 is 0 Å². The van der Waals surface area contributed by atoms with Gasteiger partial charge in [-0.1, -0.05) is 6.07 Å². The van der Waals surface area contributed by atoms with Crippen LogP contribution in [0.1, 0.15) is 24.1 Å². The normalized spacial score (nSPS) is 23.3. The van der Waals surface area contributed by atoms with Crippen LogP contribution in [0.2, 0.25) is 0 Å². The Morgan fingerprint density at radius 1 is 1.47 bits per heavy atom. The van der Waals surface area contributed by atoms with Crippen molar-refractivity contribution in [2.24, 2.45) is 0 Å². The topological polar surface area (TPSA) is 49.4 Å². The fourth-order valence-corrected chi connectivity index (χ4v) is 2.98. The number of rotatable bonds is 4. The van der Waals surface area contributed by atoms with E-state index in [-0.39, 0.29) is 17.9 Å². The van der Waals surface area contributed by atoms with Crippen molar-refractivity contribution in [3.63, 3.8) is 0 Å². The monoisotopic (exact) mass is 276 g/mol. The molecule has 1 aliphatic carbocycles. The minimum Gasteiger partial charge on any atom is -0.348 e. The molecule has 1 aromatic rings. The van der Waals surface area contributed by atoms with E-state index >= 15 is 0 Å². The van der Waals surface area contributed by atoms with Crippen LogP contribution in [-0.2, 0) is 9.59 Å². The number of nitrogens with one attached hydrogen (secondary N) is 1. The summed E-state index contributed by atoms with van der Waals surface area (Å²) >= 11 is 1.59. The van der Waals surface area contributed by atoms with Gasteiger partial charge in [0.2, 0.25) is 11.8 Å². The van der Waals surface area contributed by atoms with Gasteiger partial charge in [-0.05, 0) is 30.4 Å². The lowest BCUT2D eigenvalue weighted by atomic mass is 10.2. The molecule has 2 fully saturated rings. The Kier molecular flexibility index (Phi) is 3.38. The highest BCUT2D eigenvalue weighted by Gasteiger charge is 2.39. The van der Waals surface area contributed by atoms with Crippen LogP contribution >= 0.6 is 11.3 Å². The van der Waals surface area contributed by atoms with E-state index in [0.29, 0.717) is 19.0 Å². The maximum atomic E-state index is 11.8. The summed E-state index contributed by atoms with van der Waals surface area (Å²) in [7, 11) is 0. The van der Waals surface area contributed by atoms with Gasteiger partial charge >= 0.3 is 0 Å². The number of amides is 2. The molecular formula is C14H16N2O2S. The highest BCUT2D eigenvalue weighted by atomic mass is 32.1. The van der Waals surface area contributed by atoms with Crippen LogP contribution in [-0.4, -0.2) is 35.3 Å². The van der Waals surface area contributed by atoms with Gasteiger partial charge in [0, 0.05) is 30.0 Å². The predicted molar refractivity (Wildman–Crippen MR) is 74.6 cm³/mol. The van der Waals surface area contributed by atoms with Crippen molar-refractivity contribution in [2.45, 2.75) is 31.3 Å². The van der Waals surface area contributed by atoms with Crippen LogP contribution in [0.3, 0.4) is 0 Å². The van der Waals surface area contributed by atoms with Crippen molar-refractivity contribution in [1.29, 1.82) is 0 Å². The van der Waals surface area contributed by atoms with Gasteiger partial charge in [-0.3, -0.25) is 9.59 Å². The molecule has 2 amide bonds. The first-order valence-electron chi connectivity index (χ1n) is 6.54. The van der Waals surface area contributed by atoms with Gasteiger partial charge in [0.15, 0.2) is 0 Å². The maximum Gasteiger partial charge on any atom is 0.244 e. The minimum absolute atomic E-state index is 0.0337. The molecule has 1 aliphatic heterocycles. The second-order valence-electron chi connectivity index (χ2n) is 5.04. The van der Waals surface area contributed by atoms with Gasteiger partial charge in [-0.15, -0.1) is 11.3 Å². The summed E-state index contributed by atoms with van der Waals surface area (Å²) in [4.78, 5) is 26.5. The van der Waals surface area contributed by atoms with Crippen molar-refractivity contribution < 1.29 is 9.59 Å². The van der Waals surface area contributed by atoms with E-state index in [2.05, 4.69) is 5.32 Å². The number of thiophene rings is 1. The Balaban J connectivity index is 1.51. The first-order chi connectivity index (χ1) is 9.22. The van der Waals surface area contributed by atoms with Crippen LogP contribution in [0, 0.1) is 0 Å². The number of nitrogens with zero attached hydrogens (tertiary/aromatic N) is 1. The summed E-state index contributed by atoms with van der Waals surface area (Å²) in [5.41, 5.74) is 0. The number of hydrogen-bond acceptors (Lipinski definition) is 3. The summed E-state index contributed by atoms with van der Waals surface area (Å²) in [6.07, 6.45) is 6.01. The van der Waals surface area contributed by atoms with Crippen LogP contribution < -0.4 is 5.32 Å². The van der Waals surface area contributed by atoms with E-state index in [1.54, 1.807) is 17.4 Å². The molecule has 1 saturated carbocycles. The van der Waals surface area contributed by atoms with E-state index in [4.69, 9.17) is 0 Å². The summed E-state index contributed by atoms with van der Waals surface area (Å²) in [6.45, 7) is 0.669. The molecule has 2 heterocycles. The van der Waals surface area contributed by atoms with E-state index in [9.17, 15) is 9.59 Å². The lowest BCUT2D eigenvalue weighted by Gasteiger charge is -2.15. The molecule has 0 bridgehead atoms. The molecule has 1 aromatic heterocycles. The Morgan fingerprint density at radius 3 is 3.00 bits per heavy atom. The van der Waals surface area contributed by atoms with Gasteiger partial charge in [-0.25, -0.2) is 0 Å². The molecule has 0 spiro atoms. The summed E-state index contributed by atoms with van der Waals surface area (Å²) < 4.78 is 0. The number of carbonyl (C=O) groups is 2. The largest absolute Gasteiger partial charge is 0.348 e. The first-order valence-corrected chi connectivity index (χ1v) is 7.42. The molecule has 3 rings (SSSR count). The van der Waals surface area contributed by atoms with Crippen molar-refractivity contribution in [3.05, 3.63) is 28.5 Å². The maximum absolute atomic E-state index is 11.8. The summed E-state index contributed by atoms with van der Waals surface area (Å²) in [5, 5.41) is 4.87. The van der Waals surface area contributed by atoms with Crippen molar-refractivity contribution >= 4 is 29.2 Å². The third kappa shape index (κ3) is 3.04. The number of carbonyl (C=O) groups excluding carboxylic acids is 2. The standard InChI is InChI=1S/C14H16N2O2S/c17-13(6-5-12-2-1-7-19-12)15-10-8-14(18)16(9-10)11-3-4-11/h1-2,5-7,10-11H,3-4,8-9H2,(H,15,17)/b6-5+. The molecule has 1 N–H and O–H groups in total. The van der Waals surface area contributed by atoms with Crippen molar-refractivity contribution in [1.82, 2.24) is 10.2 Å². The Bertz CT molecular complexity index is 506. The fraction of sp³-hybridized carbons (Fsp3) is 0.429. The third-order valence-corrected chi connectivity index (χ3v) is 4.27. The third-order valence-electron chi connectivity index (χ3n) is 3.43. The lowest BCUT2D eigenvalue weighted by Crippen LogP contribution is -2.36. The van der Waals surface area contributed by atoms with Gasteiger partial charge in [0.1, 0.15) is 0 Å². The lowest BCUT2D eigenvalue weighted by molar-refractivity contribution is -0.128. The zero-order valence-corrected chi connectivity index (χ0v) is 11.4. The number of hydrogen-bond donors (Lipinski definition) is 1. The van der Waals surface area contributed by atoms with Crippen molar-refractivity contribution in [2.75, 3.05) is 6.54 Å². The first kappa shape index (κ1) is 12.4. The van der Waals surface area contributed by atoms with E-state index in [1.165, 1.54) is 6.08 Å². The van der Waals surface area contributed by atoms with Crippen LogP contribution in [0.4, 0.5) is 0 Å².